The van der Waals surface area contributed by atoms with Gasteiger partial charge < -0.3 is 0 Å². The van der Waals surface area contributed by atoms with Gasteiger partial charge in [0.1, 0.15) is 0 Å². The van der Waals surface area contributed by atoms with Crippen LogP contribution in [0.5, 0.6) is 0 Å². The quantitative estimate of drug-likeness (QED) is 0.287. The molecule has 0 aromatic rings. The van der Waals surface area contributed by atoms with E-state index < -0.39 is 6.80 Å². The van der Waals surface area contributed by atoms with Crippen LogP contribution >= 0.6 is 0 Å². The summed E-state index contributed by atoms with van der Waals surface area (Å²) in [5.74, 6) is 0. The van der Waals surface area contributed by atoms with Crippen LogP contribution in [0.15, 0.2) is 0 Å². The van der Waals surface area contributed by atoms with Crippen molar-refractivity contribution in [3.8, 4) is 0 Å². The Hall–Kier alpha value is -0.580. The lowest BCUT2D eigenvalue weighted by Crippen LogP contribution is -1.42. The third-order valence-corrected chi connectivity index (χ3v) is 0.0598. The minimum atomic E-state index is -0.889. The largest absolute Gasteiger partial charge is 0.352 e. The molecule has 0 bridgehead atoms. The van der Waals surface area contributed by atoms with E-state index in [-0.39, 0.29) is 0 Å². The molecule has 0 aliphatic heterocycles. The molecule has 0 fully saturated rings. The maximum Gasteiger partial charge on any atom is 0.352 e. The smallest absolute Gasteiger partial charge is 0.281 e. The van der Waals surface area contributed by atoms with Crippen molar-refractivity contribution in [2.24, 2.45) is 0 Å². The van der Waals surface area contributed by atoms with Gasteiger partial charge in [-0.1, -0.05) is 0 Å². The Kier molecular flexibility index (Phi) is 2.07. The Labute approximate surface area is 23.9 Å². The molecule has 22 valence electrons. The van der Waals surface area contributed by atoms with E-state index in [0.29, 0.717) is 0 Å². The second-order valence-electron chi connectivity index (χ2n) is 0.278. The summed E-state index contributed by atoms with van der Waals surface area (Å²) in [6, 6.07) is 0. The summed E-state index contributed by atoms with van der Waals surface area (Å²) in [5.41, 5.74) is 0. The highest BCUT2D eigenvalue weighted by molar-refractivity contribution is 4.40. The number of hydrogen-bond donors (Lipinski definition) is 0. The van der Waals surface area contributed by atoms with Gasteiger partial charge in [0, 0.05) is 0 Å². The maximum absolute atomic E-state index is 10.4. The molecule has 0 saturated heterocycles. The zero-order valence-corrected chi connectivity index (χ0v) is 2.03. The average Bonchev–Trinajstić information content (AvgIpc) is 1.37. The van der Waals surface area contributed by atoms with Gasteiger partial charge in [0.25, 0.3) is 0 Å². The monoisotopic (exact) mass is 59.0 g/mol. The van der Waals surface area contributed by atoms with Gasteiger partial charge in [-0.25, -0.2) is 6.57 Å². The normalized spacial score (nSPS) is 5.00. The number of halogens is 1. The molecule has 0 aromatic carbocycles. The van der Waals surface area contributed by atoms with Crippen molar-refractivity contribution in [3.05, 3.63) is 11.4 Å². The summed E-state index contributed by atoms with van der Waals surface area (Å²) in [4.78, 5) is 2.32. The van der Waals surface area contributed by atoms with Crippen LogP contribution in [-0.4, -0.2) is 6.80 Å². The first-order chi connectivity index (χ1) is 1.91. The minimum absolute atomic E-state index is 0.889. The van der Waals surface area contributed by atoms with Crippen molar-refractivity contribution >= 4 is 0 Å². The molecule has 0 heterocycles. The molecule has 0 unspecified atom stereocenters. The molecule has 0 aromatic heterocycles. The summed E-state index contributed by atoms with van der Waals surface area (Å²) in [6.07, 6.45) is 0. The van der Waals surface area contributed by atoms with E-state index in [1.807, 2.05) is 0 Å². The summed E-state index contributed by atoms with van der Waals surface area (Å²) in [7, 11) is 0. The molecule has 0 aliphatic rings. The molecule has 0 radical (unpaired) electrons. The van der Waals surface area contributed by atoms with Crippen molar-refractivity contribution in [2.75, 3.05) is 6.80 Å². The Morgan fingerprint density at radius 2 is 2.25 bits per heavy atom. The Bertz CT molecular complexity index is 35.8. The van der Waals surface area contributed by atoms with Crippen LogP contribution in [0.3, 0.4) is 0 Å². The number of nitrogens with zero attached hydrogens (tertiary/aromatic N) is 1. The van der Waals surface area contributed by atoms with Gasteiger partial charge in [-0.3, -0.25) is 4.85 Å². The van der Waals surface area contributed by atoms with Crippen LogP contribution in [0.2, 0.25) is 0 Å². The first-order valence-electron chi connectivity index (χ1n) is 0.807. The van der Waals surface area contributed by atoms with Gasteiger partial charge in [-0.15, -0.1) is 0 Å². The predicted octanol–water partition coefficient (Wildman–Crippen LogP) is 0.833. The van der Waals surface area contributed by atoms with Gasteiger partial charge in [0.2, 0.25) is 0 Å². The third kappa shape index (κ3) is 1.42. The molecule has 1 nitrogen and oxygen atoms in total. The molecular formula is C2H2FN. The third-order valence-electron chi connectivity index (χ3n) is 0.0598. The number of alkyl halides is 1. The lowest BCUT2D eigenvalue weighted by atomic mass is 11.4. The first kappa shape index (κ1) is 3.42. The maximum atomic E-state index is 10.4. The zero-order valence-electron chi connectivity index (χ0n) is 2.03. The SMILES string of the molecule is [C-]#[N+]CF. The molecule has 0 spiro atoms. The lowest BCUT2D eigenvalue weighted by Gasteiger charge is -1.48. The topological polar surface area (TPSA) is 4.36 Å². The van der Waals surface area contributed by atoms with E-state index >= 15 is 0 Å². The van der Waals surface area contributed by atoms with Crippen molar-refractivity contribution in [1.29, 1.82) is 0 Å². The van der Waals surface area contributed by atoms with Crippen molar-refractivity contribution in [1.82, 2.24) is 0 Å². The fraction of sp³-hybridized carbons (Fsp3) is 0.500. The lowest BCUT2D eigenvalue weighted by molar-refractivity contribution is 0.559. The number of rotatable bonds is 0. The molecule has 0 rings (SSSR count). The van der Waals surface area contributed by atoms with Crippen molar-refractivity contribution in [2.45, 2.75) is 0 Å². The van der Waals surface area contributed by atoms with Gasteiger partial charge in [0.15, 0.2) is 0 Å². The van der Waals surface area contributed by atoms with E-state index in [9.17, 15) is 4.39 Å². The molecule has 0 atom stereocenters. The van der Waals surface area contributed by atoms with E-state index in [1.165, 1.54) is 0 Å². The highest BCUT2D eigenvalue weighted by Crippen LogP contribution is 1.59. The van der Waals surface area contributed by atoms with E-state index in [4.69, 9.17) is 6.57 Å². The molecule has 4 heavy (non-hydrogen) atoms. The first-order valence-corrected chi connectivity index (χ1v) is 0.807. The average molecular weight is 59.0 g/mol. The van der Waals surface area contributed by atoms with Crippen LogP contribution in [0.25, 0.3) is 4.85 Å². The molecular weight excluding hydrogens is 57.0 g/mol. The van der Waals surface area contributed by atoms with Crippen LogP contribution < -0.4 is 0 Å². The van der Waals surface area contributed by atoms with E-state index in [1.54, 1.807) is 0 Å². The van der Waals surface area contributed by atoms with Crippen molar-refractivity contribution < 1.29 is 4.39 Å². The number of hydrogen-bond acceptors (Lipinski definition) is 0. The summed E-state index contributed by atoms with van der Waals surface area (Å²) < 4.78 is 10.4. The van der Waals surface area contributed by atoms with Gasteiger partial charge in [-0.2, -0.15) is 4.39 Å². The minimum Gasteiger partial charge on any atom is -0.281 e. The van der Waals surface area contributed by atoms with Gasteiger partial charge in [-0.05, 0) is 0 Å². The molecule has 2 heteroatoms. The van der Waals surface area contributed by atoms with Crippen molar-refractivity contribution in [3.63, 3.8) is 0 Å². The van der Waals surface area contributed by atoms with E-state index in [2.05, 4.69) is 4.85 Å². The molecule has 0 saturated carbocycles. The molecule has 0 aliphatic carbocycles. The molecule has 0 amide bonds. The Balaban J connectivity index is 2.43. The fourth-order valence-electron chi connectivity index (χ4n) is 0. The molecule has 0 N–H and O–H groups in total. The highest BCUT2D eigenvalue weighted by Gasteiger charge is 1.55. The van der Waals surface area contributed by atoms with Crippen LogP contribution in [0.1, 0.15) is 0 Å². The van der Waals surface area contributed by atoms with E-state index in [0.717, 1.165) is 0 Å². The predicted molar refractivity (Wildman–Crippen MR) is 12.6 cm³/mol. The van der Waals surface area contributed by atoms with Crippen LogP contribution in [0, 0.1) is 6.57 Å². The fourth-order valence-corrected chi connectivity index (χ4v) is 0. The second-order valence-corrected chi connectivity index (χ2v) is 0.278. The van der Waals surface area contributed by atoms with Crippen LogP contribution in [0.4, 0.5) is 4.39 Å². The van der Waals surface area contributed by atoms with Crippen LogP contribution in [-0.2, 0) is 0 Å². The standard InChI is InChI=1S/C2H2FN/c1-4-2-3/h2H2. The van der Waals surface area contributed by atoms with Gasteiger partial charge >= 0.3 is 6.80 Å². The Morgan fingerprint density at radius 1 is 2.00 bits per heavy atom. The highest BCUT2D eigenvalue weighted by atomic mass is 19.1. The zero-order chi connectivity index (χ0) is 3.41. The second kappa shape index (κ2) is 2.42. The Morgan fingerprint density at radius 3 is 2.25 bits per heavy atom. The summed E-state index contributed by atoms with van der Waals surface area (Å²) in [5, 5.41) is 0. The van der Waals surface area contributed by atoms with Gasteiger partial charge in [0.05, 0.1) is 0 Å². The summed E-state index contributed by atoms with van der Waals surface area (Å²) in [6.45, 7) is 4.81. The summed E-state index contributed by atoms with van der Waals surface area (Å²) >= 11 is 0.